The largest absolute Gasteiger partial charge is 0.497 e. The molecule has 0 aliphatic carbocycles. The number of fused-ring (bicyclic) bond motifs is 1. The number of carbonyl (C=O) groups excluding carboxylic acids is 4. The van der Waals surface area contributed by atoms with Gasteiger partial charge in [0.1, 0.15) is 17.8 Å². The van der Waals surface area contributed by atoms with Crippen LogP contribution in [0.5, 0.6) is 5.75 Å². The first kappa shape index (κ1) is 44.4. The number of hydrogen-bond acceptors (Lipinski definition) is 9. The van der Waals surface area contributed by atoms with Crippen molar-refractivity contribution in [2.45, 2.75) is 85.3 Å². The van der Waals surface area contributed by atoms with E-state index in [2.05, 4.69) is 16.1 Å². The molecule has 5 rings (SSSR count). The van der Waals surface area contributed by atoms with Gasteiger partial charge >= 0.3 is 12.1 Å². The van der Waals surface area contributed by atoms with Gasteiger partial charge in [0, 0.05) is 38.6 Å². The van der Waals surface area contributed by atoms with Gasteiger partial charge in [0.15, 0.2) is 0 Å². The van der Waals surface area contributed by atoms with Crippen LogP contribution in [-0.2, 0) is 40.9 Å². The summed E-state index contributed by atoms with van der Waals surface area (Å²) in [5, 5.41) is 25.1. The molecule has 1 aromatic heterocycles. The molecule has 4 aromatic rings. The number of aromatic nitrogens is 2. The monoisotopic (exact) mass is 812 g/mol. The van der Waals surface area contributed by atoms with Gasteiger partial charge in [-0.2, -0.15) is 5.10 Å². The first-order valence-corrected chi connectivity index (χ1v) is 19.9. The highest BCUT2D eigenvalue weighted by Crippen LogP contribution is 2.30. The fraction of sp³-hybridized carbons (Fsp3) is 0.477. The van der Waals surface area contributed by atoms with E-state index >= 15 is 0 Å². The number of amides is 5. The Morgan fingerprint density at radius 3 is 2.14 bits per heavy atom. The van der Waals surface area contributed by atoms with Crippen molar-refractivity contribution in [2.24, 2.45) is 17.9 Å². The number of nitrogens with zero attached hydrogens (tertiary/aromatic N) is 5. The molecule has 15 nitrogen and oxygen atoms in total. The average molecular weight is 813 g/mol. The lowest BCUT2D eigenvalue weighted by molar-refractivity contribution is -0.133. The second kappa shape index (κ2) is 18.9. The molecule has 1 fully saturated rings. The third-order valence-electron chi connectivity index (χ3n) is 10.6. The number of methoxy groups -OCH3 is 2. The molecule has 1 aliphatic rings. The number of ether oxygens (including phenoxy) is 2. The number of carbonyl (C=O) groups is 4. The van der Waals surface area contributed by atoms with Gasteiger partial charge in [-0.3, -0.25) is 19.7 Å². The SMILES string of the molecule is COC(=O)NC(C(=O)NN(Cc1ccc(OC)cc1)CC(O)C(Cc1ccccc1)NC(=O)C(N1CCN(Cc2nn(C)c3ccccc23)C1=O)C(C)(C)C)C(C)(C)C. The van der Waals surface area contributed by atoms with Crippen molar-refractivity contribution in [1.82, 2.24) is 40.6 Å². The van der Waals surface area contributed by atoms with Gasteiger partial charge in [-0.25, -0.2) is 14.6 Å². The van der Waals surface area contributed by atoms with Crippen molar-refractivity contribution in [2.75, 3.05) is 33.9 Å². The van der Waals surface area contributed by atoms with Gasteiger partial charge in [-0.1, -0.05) is 102 Å². The number of aliphatic hydroxyl groups is 1. The second-order valence-corrected chi connectivity index (χ2v) is 17.3. The Labute approximate surface area is 347 Å². The van der Waals surface area contributed by atoms with Crippen LogP contribution in [-0.4, -0.2) is 112 Å². The van der Waals surface area contributed by atoms with E-state index in [0.717, 1.165) is 27.7 Å². The normalized spacial score (nSPS) is 15.5. The molecule has 3 aromatic carbocycles. The minimum atomic E-state index is -1.22. The quantitative estimate of drug-likeness (QED) is 0.118. The minimum Gasteiger partial charge on any atom is -0.497 e. The zero-order valence-electron chi connectivity index (χ0n) is 35.7. The van der Waals surface area contributed by atoms with Gasteiger partial charge in [-0.05, 0) is 46.6 Å². The van der Waals surface area contributed by atoms with Crippen LogP contribution in [0.4, 0.5) is 9.59 Å². The number of benzene rings is 3. The van der Waals surface area contributed by atoms with E-state index in [1.807, 2.05) is 115 Å². The molecule has 1 aliphatic heterocycles. The maximum atomic E-state index is 14.6. The number of hydrogen-bond donors (Lipinski definition) is 4. The van der Waals surface area contributed by atoms with E-state index < -0.39 is 53.0 Å². The highest BCUT2D eigenvalue weighted by atomic mass is 16.5. The van der Waals surface area contributed by atoms with E-state index in [1.54, 1.807) is 38.7 Å². The summed E-state index contributed by atoms with van der Waals surface area (Å²) in [7, 11) is 4.68. The van der Waals surface area contributed by atoms with E-state index in [-0.39, 0.29) is 25.5 Å². The molecule has 4 N–H and O–H groups in total. The predicted octanol–water partition coefficient (Wildman–Crippen LogP) is 4.63. The molecule has 1 saturated heterocycles. The third-order valence-corrected chi connectivity index (χ3v) is 10.6. The number of urea groups is 1. The maximum Gasteiger partial charge on any atom is 0.407 e. The molecule has 59 heavy (non-hydrogen) atoms. The van der Waals surface area contributed by atoms with Crippen LogP contribution in [0, 0.1) is 10.8 Å². The molecule has 2 heterocycles. The van der Waals surface area contributed by atoms with Crippen molar-refractivity contribution < 1.29 is 33.8 Å². The highest BCUT2D eigenvalue weighted by molar-refractivity contribution is 5.89. The maximum absolute atomic E-state index is 14.6. The molecular weight excluding hydrogens is 753 g/mol. The number of hydrazine groups is 1. The van der Waals surface area contributed by atoms with Crippen molar-refractivity contribution in [3.05, 3.63) is 95.7 Å². The summed E-state index contributed by atoms with van der Waals surface area (Å²) in [6.07, 6.45) is -1.72. The van der Waals surface area contributed by atoms with Crippen LogP contribution < -0.4 is 20.8 Å². The predicted molar refractivity (Wildman–Crippen MR) is 225 cm³/mol. The summed E-state index contributed by atoms with van der Waals surface area (Å²) in [6, 6.07) is 21.7. The number of rotatable bonds is 16. The zero-order valence-corrected chi connectivity index (χ0v) is 35.7. The Kier molecular flexibility index (Phi) is 14.3. The molecule has 15 heteroatoms. The first-order chi connectivity index (χ1) is 27.9. The van der Waals surface area contributed by atoms with Crippen molar-refractivity contribution >= 4 is 34.8 Å². The summed E-state index contributed by atoms with van der Waals surface area (Å²) < 4.78 is 11.9. The molecule has 318 valence electrons. The molecule has 4 unspecified atom stereocenters. The highest BCUT2D eigenvalue weighted by Gasteiger charge is 2.45. The zero-order chi connectivity index (χ0) is 43.1. The van der Waals surface area contributed by atoms with Crippen molar-refractivity contribution in [3.63, 3.8) is 0 Å². The van der Waals surface area contributed by atoms with Crippen LogP contribution in [0.25, 0.3) is 10.9 Å². The molecule has 0 radical (unpaired) electrons. The summed E-state index contributed by atoms with van der Waals surface area (Å²) in [4.78, 5) is 58.3. The van der Waals surface area contributed by atoms with Gasteiger partial charge in [0.05, 0.1) is 44.1 Å². The van der Waals surface area contributed by atoms with E-state index in [4.69, 9.17) is 14.6 Å². The molecule has 0 bridgehead atoms. The number of aryl methyl sites for hydroxylation is 1. The lowest BCUT2D eigenvalue weighted by Gasteiger charge is -2.38. The minimum absolute atomic E-state index is 0.112. The Hall–Kier alpha value is -5.67. The van der Waals surface area contributed by atoms with Gasteiger partial charge in [0.2, 0.25) is 5.91 Å². The Bertz CT molecular complexity index is 2060. The number of aliphatic hydroxyl groups excluding tert-OH is 1. The molecule has 0 saturated carbocycles. The summed E-state index contributed by atoms with van der Waals surface area (Å²) >= 11 is 0. The van der Waals surface area contributed by atoms with Crippen LogP contribution in [0.15, 0.2) is 78.9 Å². The van der Waals surface area contributed by atoms with Gasteiger partial charge in [0.25, 0.3) is 5.91 Å². The smallest absolute Gasteiger partial charge is 0.407 e. The summed E-state index contributed by atoms with van der Waals surface area (Å²) in [6.45, 7) is 12.3. The molecular formula is C44H60N8O7. The Balaban J connectivity index is 1.40. The van der Waals surface area contributed by atoms with Crippen LogP contribution in [0.2, 0.25) is 0 Å². The van der Waals surface area contributed by atoms with Gasteiger partial charge in [-0.15, -0.1) is 0 Å². The summed E-state index contributed by atoms with van der Waals surface area (Å²) in [5.74, 6) is -0.268. The lowest BCUT2D eigenvalue weighted by Crippen LogP contribution is -2.61. The lowest BCUT2D eigenvalue weighted by atomic mass is 9.84. The van der Waals surface area contributed by atoms with E-state index in [1.165, 1.54) is 7.11 Å². The summed E-state index contributed by atoms with van der Waals surface area (Å²) in [5.41, 5.74) is 4.96. The fourth-order valence-corrected chi connectivity index (χ4v) is 7.52. The molecule has 4 atom stereocenters. The average Bonchev–Trinajstić information content (AvgIpc) is 3.70. The van der Waals surface area contributed by atoms with Crippen LogP contribution in [0.3, 0.4) is 0 Å². The van der Waals surface area contributed by atoms with E-state index in [9.17, 15) is 24.3 Å². The number of alkyl carbamates (subject to hydrolysis) is 1. The van der Waals surface area contributed by atoms with Crippen LogP contribution in [0.1, 0.15) is 58.4 Å². The second-order valence-electron chi connectivity index (χ2n) is 17.3. The van der Waals surface area contributed by atoms with Crippen molar-refractivity contribution in [3.8, 4) is 5.75 Å². The topological polar surface area (TPSA) is 171 Å². The van der Waals surface area contributed by atoms with E-state index in [0.29, 0.717) is 25.4 Å². The number of para-hydroxylation sites is 1. The first-order valence-electron chi connectivity index (χ1n) is 19.9. The number of nitrogens with one attached hydrogen (secondary N) is 3. The Morgan fingerprint density at radius 2 is 1.51 bits per heavy atom. The van der Waals surface area contributed by atoms with Crippen LogP contribution >= 0.6 is 0 Å². The Morgan fingerprint density at radius 1 is 0.847 bits per heavy atom. The molecule has 0 spiro atoms. The van der Waals surface area contributed by atoms with Crippen molar-refractivity contribution in [1.29, 1.82) is 0 Å². The third kappa shape index (κ3) is 11.3. The molecule has 5 amide bonds. The standard InChI is InChI=1S/C44H60N8O7/c1-43(2,3)37(46-41(56)59-9)39(54)48-51(26-30-19-21-31(58-8)22-20-30)28-36(53)33(25-29-15-11-10-12-16-29)45-40(55)38(44(4,5)6)52-24-23-50(42(52)57)27-34-32-17-13-14-18-35(32)49(7)47-34/h10-22,33,36-38,53H,23-28H2,1-9H3,(H,45,55)(H,46,56)(H,48,54). The fourth-order valence-electron chi connectivity index (χ4n) is 7.52. The van der Waals surface area contributed by atoms with Gasteiger partial charge < -0.3 is 35.0 Å².